The summed E-state index contributed by atoms with van der Waals surface area (Å²) in [5.41, 5.74) is 0.807. The van der Waals surface area contributed by atoms with Gasteiger partial charge in [0.25, 0.3) is 11.5 Å². The molecule has 10 nitrogen and oxygen atoms in total. The molecular weight excluding hydrogens is 350 g/mol. The molecule has 0 bridgehead atoms. The zero-order valence-corrected chi connectivity index (χ0v) is 14.8. The Balaban J connectivity index is 1.69. The van der Waals surface area contributed by atoms with E-state index in [1.54, 1.807) is 38.6 Å². The SMILES string of the molecule is CNc1cc(Nc2ccc[nH]c2=O)nc2c(C(=O)NC3C[C@@H]3OC)cnn12. The van der Waals surface area contributed by atoms with Crippen molar-refractivity contribution in [3.05, 3.63) is 46.5 Å². The predicted molar refractivity (Wildman–Crippen MR) is 99.5 cm³/mol. The van der Waals surface area contributed by atoms with E-state index >= 15 is 0 Å². The van der Waals surface area contributed by atoms with Crippen molar-refractivity contribution in [3.8, 4) is 0 Å². The van der Waals surface area contributed by atoms with E-state index < -0.39 is 0 Å². The molecule has 0 saturated heterocycles. The third-order valence-electron chi connectivity index (χ3n) is 4.40. The fraction of sp³-hybridized carbons (Fsp3) is 0.294. The largest absolute Gasteiger partial charge is 0.379 e. The number of methoxy groups -OCH3 is 1. The van der Waals surface area contributed by atoms with E-state index in [0.29, 0.717) is 28.5 Å². The molecule has 2 atom stereocenters. The van der Waals surface area contributed by atoms with Gasteiger partial charge >= 0.3 is 0 Å². The number of nitrogens with zero attached hydrogens (tertiary/aromatic N) is 3. The summed E-state index contributed by atoms with van der Waals surface area (Å²) in [6.07, 6.45) is 3.87. The molecule has 0 radical (unpaired) electrons. The second kappa shape index (κ2) is 6.72. The minimum atomic E-state index is -0.268. The molecule has 27 heavy (non-hydrogen) atoms. The quantitative estimate of drug-likeness (QED) is 0.504. The van der Waals surface area contributed by atoms with E-state index in [-0.39, 0.29) is 23.6 Å². The average Bonchev–Trinajstić information content (AvgIpc) is 3.28. The highest BCUT2D eigenvalue weighted by Crippen LogP contribution is 2.26. The Bertz CT molecular complexity index is 1060. The summed E-state index contributed by atoms with van der Waals surface area (Å²) in [6.45, 7) is 0. The second-order valence-electron chi connectivity index (χ2n) is 6.20. The molecule has 1 aliphatic carbocycles. The normalized spacial score (nSPS) is 18.3. The second-order valence-corrected chi connectivity index (χ2v) is 6.20. The summed E-state index contributed by atoms with van der Waals surface area (Å²) in [6, 6.07) is 5.06. The lowest BCUT2D eigenvalue weighted by molar-refractivity contribution is 0.0936. The number of amides is 1. The number of aromatic amines is 1. The van der Waals surface area contributed by atoms with Crippen LogP contribution in [-0.2, 0) is 4.74 Å². The van der Waals surface area contributed by atoms with Crippen LogP contribution in [0.4, 0.5) is 17.3 Å². The molecule has 4 N–H and O–H groups in total. The van der Waals surface area contributed by atoms with Gasteiger partial charge in [-0.3, -0.25) is 9.59 Å². The van der Waals surface area contributed by atoms with Crippen LogP contribution >= 0.6 is 0 Å². The van der Waals surface area contributed by atoms with Gasteiger partial charge in [-0.05, 0) is 18.6 Å². The number of anilines is 3. The molecule has 0 spiro atoms. The van der Waals surface area contributed by atoms with Crippen LogP contribution in [0.15, 0.2) is 35.4 Å². The van der Waals surface area contributed by atoms with Crippen molar-refractivity contribution in [2.75, 3.05) is 24.8 Å². The molecule has 0 aromatic carbocycles. The van der Waals surface area contributed by atoms with Crippen molar-refractivity contribution in [2.45, 2.75) is 18.6 Å². The summed E-state index contributed by atoms with van der Waals surface area (Å²) in [4.78, 5) is 31.6. The van der Waals surface area contributed by atoms with Gasteiger partial charge in [-0.1, -0.05) is 0 Å². The Kier molecular flexibility index (Phi) is 4.24. The molecule has 1 amide bonds. The molecule has 3 heterocycles. The van der Waals surface area contributed by atoms with Crippen molar-refractivity contribution in [2.24, 2.45) is 0 Å². The first-order valence-corrected chi connectivity index (χ1v) is 8.45. The number of fused-ring (bicyclic) bond motifs is 1. The van der Waals surface area contributed by atoms with Gasteiger partial charge in [0.05, 0.1) is 18.3 Å². The Morgan fingerprint density at radius 2 is 2.30 bits per heavy atom. The van der Waals surface area contributed by atoms with Gasteiger partial charge in [-0.15, -0.1) is 0 Å². The highest BCUT2D eigenvalue weighted by molar-refractivity contribution is 6.00. The summed E-state index contributed by atoms with van der Waals surface area (Å²) >= 11 is 0. The van der Waals surface area contributed by atoms with Gasteiger partial charge in [0, 0.05) is 26.4 Å². The number of rotatable bonds is 6. The highest BCUT2D eigenvalue weighted by Gasteiger charge is 2.39. The number of pyridine rings is 1. The predicted octanol–water partition coefficient (Wildman–Crippen LogP) is 0.720. The maximum Gasteiger partial charge on any atom is 0.271 e. The van der Waals surface area contributed by atoms with E-state index in [2.05, 4.69) is 31.0 Å². The Morgan fingerprint density at radius 1 is 1.44 bits per heavy atom. The van der Waals surface area contributed by atoms with Crippen LogP contribution < -0.4 is 21.5 Å². The van der Waals surface area contributed by atoms with Crippen LogP contribution in [0.5, 0.6) is 0 Å². The Labute approximate surface area is 154 Å². The van der Waals surface area contributed by atoms with Gasteiger partial charge in [0.2, 0.25) is 0 Å². The van der Waals surface area contributed by atoms with Gasteiger partial charge < -0.3 is 25.7 Å². The lowest BCUT2D eigenvalue weighted by atomic mass is 10.3. The minimum absolute atomic E-state index is 0.00501. The Morgan fingerprint density at radius 3 is 3.00 bits per heavy atom. The zero-order chi connectivity index (χ0) is 19.0. The summed E-state index contributed by atoms with van der Waals surface area (Å²) < 4.78 is 6.75. The van der Waals surface area contributed by atoms with Crippen molar-refractivity contribution in [3.63, 3.8) is 0 Å². The molecule has 3 aromatic heterocycles. The smallest absolute Gasteiger partial charge is 0.271 e. The molecular formula is C17H19N7O3. The van der Waals surface area contributed by atoms with Crippen LogP contribution in [0.2, 0.25) is 0 Å². The summed E-state index contributed by atoms with van der Waals surface area (Å²) in [7, 11) is 3.36. The number of hydrogen-bond acceptors (Lipinski definition) is 7. The van der Waals surface area contributed by atoms with Crippen molar-refractivity contribution in [1.82, 2.24) is 24.9 Å². The molecule has 1 saturated carbocycles. The van der Waals surface area contributed by atoms with E-state index in [4.69, 9.17) is 4.74 Å². The molecule has 1 unspecified atom stereocenters. The van der Waals surface area contributed by atoms with Crippen LogP contribution in [0.25, 0.3) is 5.65 Å². The maximum atomic E-state index is 12.6. The Hall–Kier alpha value is -3.40. The third kappa shape index (κ3) is 3.22. The minimum Gasteiger partial charge on any atom is -0.379 e. The summed E-state index contributed by atoms with van der Waals surface area (Å²) in [5.74, 6) is 0.771. The monoisotopic (exact) mass is 369 g/mol. The number of aromatic nitrogens is 4. The average molecular weight is 369 g/mol. The number of carbonyl (C=O) groups excluding carboxylic acids is 1. The standard InChI is InChI=1S/C17H19N7O3/c1-18-14-7-13(21-10-4-3-5-19-17(10)26)23-15-9(8-20-24(14)15)16(25)22-11-6-12(11)27-2/h3-5,7-8,11-12,18H,6H2,1-2H3,(H,19,26)(H,21,23)(H,22,25)/t11?,12-/m0/s1. The fourth-order valence-electron chi connectivity index (χ4n) is 2.85. The van der Waals surface area contributed by atoms with Gasteiger partial charge in [0.15, 0.2) is 5.65 Å². The molecule has 10 heteroatoms. The number of H-pyrrole nitrogens is 1. The topological polar surface area (TPSA) is 125 Å². The third-order valence-corrected chi connectivity index (χ3v) is 4.40. The summed E-state index contributed by atoms with van der Waals surface area (Å²) in [5, 5.41) is 13.2. The lowest BCUT2D eigenvalue weighted by Crippen LogP contribution is -2.28. The van der Waals surface area contributed by atoms with Gasteiger partial charge in [-0.25, -0.2) is 4.98 Å². The number of carbonyl (C=O) groups is 1. The molecule has 4 rings (SSSR count). The molecule has 0 aliphatic heterocycles. The van der Waals surface area contributed by atoms with E-state index in [0.717, 1.165) is 6.42 Å². The maximum absolute atomic E-state index is 12.6. The first kappa shape index (κ1) is 17.0. The van der Waals surface area contributed by atoms with Crippen LogP contribution in [0, 0.1) is 0 Å². The van der Waals surface area contributed by atoms with Gasteiger partial charge in [0.1, 0.15) is 22.9 Å². The lowest BCUT2D eigenvalue weighted by Gasteiger charge is -2.10. The number of hydrogen-bond donors (Lipinski definition) is 4. The zero-order valence-electron chi connectivity index (χ0n) is 14.8. The van der Waals surface area contributed by atoms with E-state index in [9.17, 15) is 9.59 Å². The van der Waals surface area contributed by atoms with Crippen molar-refractivity contribution >= 4 is 28.9 Å². The van der Waals surface area contributed by atoms with Crippen LogP contribution in [0.1, 0.15) is 16.8 Å². The van der Waals surface area contributed by atoms with Gasteiger partial charge in [-0.2, -0.15) is 9.61 Å². The fourth-order valence-corrected chi connectivity index (χ4v) is 2.85. The highest BCUT2D eigenvalue weighted by atomic mass is 16.5. The van der Waals surface area contributed by atoms with Crippen LogP contribution in [0.3, 0.4) is 0 Å². The number of ether oxygens (including phenoxy) is 1. The first-order chi connectivity index (χ1) is 13.1. The first-order valence-electron chi connectivity index (χ1n) is 8.45. The molecule has 3 aromatic rings. The molecule has 140 valence electrons. The van der Waals surface area contributed by atoms with E-state index in [1.165, 1.54) is 10.7 Å². The van der Waals surface area contributed by atoms with Crippen LogP contribution in [-0.4, -0.2) is 51.8 Å². The molecule has 1 fully saturated rings. The molecule has 1 aliphatic rings. The van der Waals surface area contributed by atoms with E-state index in [1.807, 2.05) is 0 Å². The number of nitrogens with one attached hydrogen (secondary N) is 4. The van der Waals surface area contributed by atoms with Crippen molar-refractivity contribution in [1.29, 1.82) is 0 Å². The van der Waals surface area contributed by atoms with Crippen molar-refractivity contribution < 1.29 is 9.53 Å².